The van der Waals surface area contributed by atoms with Gasteiger partial charge in [-0.15, -0.1) is 0 Å². The summed E-state index contributed by atoms with van der Waals surface area (Å²) in [5, 5.41) is 3.23. The van der Waals surface area contributed by atoms with Crippen molar-refractivity contribution in [3.05, 3.63) is 17.0 Å². The van der Waals surface area contributed by atoms with Crippen LogP contribution in [0.4, 0.5) is 19.1 Å². The SMILES string of the molecule is FC(F)(F)c1nc(N2CCCNCC2)nc2c1CCCC2. The van der Waals surface area contributed by atoms with Gasteiger partial charge in [0.05, 0.1) is 0 Å². The number of aromatic nitrogens is 2. The van der Waals surface area contributed by atoms with Crippen LogP contribution >= 0.6 is 0 Å². The number of anilines is 1. The predicted octanol–water partition coefficient (Wildman–Crippen LogP) is 2.17. The zero-order valence-corrected chi connectivity index (χ0v) is 11.8. The van der Waals surface area contributed by atoms with Crippen LogP contribution in [0.3, 0.4) is 0 Å². The van der Waals surface area contributed by atoms with Gasteiger partial charge >= 0.3 is 6.18 Å². The largest absolute Gasteiger partial charge is 0.433 e. The highest BCUT2D eigenvalue weighted by Crippen LogP contribution is 2.35. The van der Waals surface area contributed by atoms with E-state index in [1.807, 2.05) is 4.90 Å². The molecule has 0 saturated carbocycles. The lowest BCUT2D eigenvalue weighted by Gasteiger charge is -2.25. The lowest BCUT2D eigenvalue weighted by molar-refractivity contribution is -0.142. The van der Waals surface area contributed by atoms with E-state index in [1.54, 1.807) is 0 Å². The van der Waals surface area contributed by atoms with Crippen LogP contribution in [0.5, 0.6) is 0 Å². The molecule has 2 aliphatic rings. The number of alkyl halides is 3. The summed E-state index contributed by atoms with van der Waals surface area (Å²) in [4.78, 5) is 10.2. The molecule has 2 heterocycles. The summed E-state index contributed by atoms with van der Waals surface area (Å²) in [7, 11) is 0. The van der Waals surface area contributed by atoms with Gasteiger partial charge in [-0.25, -0.2) is 9.97 Å². The smallest absolute Gasteiger partial charge is 0.339 e. The molecule has 7 heteroatoms. The average molecular weight is 300 g/mol. The summed E-state index contributed by atoms with van der Waals surface area (Å²) in [6.07, 6.45) is -0.758. The molecule has 1 N–H and O–H groups in total. The Kier molecular flexibility index (Phi) is 4.01. The highest BCUT2D eigenvalue weighted by atomic mass is 19.4. The standard InChI is InChI=1S/C14H19F3N4/c15-14(16,17)12-10-4-1-2-5-11(10)19-13(20-12)21-8-3-6-18-7-9-21/h18H,1-9H2. The van der Waals surface area contributed by atoms with Crippen LogP contribution in [-0.4, -0.2) is 36.1 Å². The van der Waals surface area contributed by atoms with Gasteiger partial charge in [0.15, 0.2) is 5.69 Å². The maximum Gasteiger partial charge on any atom is 0.433 e. The maximum absolute atomic E-state index is 13.3. The van der Waals surface area contributed by atoms with Gasteiger partial charge in [-0.1, -0.05) is 0 Å². The minimum Gasteiger partial charge on any atom is -0.339 e. The first-order valence-electron chi connectivity index (χ1n) is 7.48. The highest BCUT2D eigenvalue weighted by Gasteiger charge is 2.38. The van der Waals surface area contributed by atoms with Gasteiger partial charge in [0.25, 0.3) is 0 Å². The van der Waals surface area contributed by atoms with E-state index >= 15 is 0 Å². The fraction of sp³-hybridized carbons (Fsp3) is 0.714. The molecule has 1 fully saturated rings. The fourth-order valence-corrected chi connectivity index (χ4v) is 3.00. The molecule has 0 unspecified atom stereocenters. The Labute approximate surface area is 121 Å². The number of hydrogen-bond donors (Lipinski definition) is 1. The molecule has 0 atom stereocenters. The average Bonchev–Trinajstić information content (AvgIpc) is 2.74. The van der Waals surface area contributed by atoms with Crippen molar-refractivity contribution in [2.24, 2.45) is 0 Å². The molecule has 1 saturated heterocycles. The van der Waals surface area contributed by atoms with E-state index < -0.39 is 11.9 Å². The molecule has 1 aliphatic heterocycles. The zero-order chi connectivity index (χ0) is 14.9. The quantitative estimate of drug-likeness (QED) is 0.863. The highest BCUT2D eigenvalue weighted by molar-refractivity contribution is 5.39. The van der Waals surface area contributed by atoms with Crippen molar-refractivity contribution in [2.45, 2.75) is 38.3 Å². The molecule has 1 aromatic rings. The summed E-state index contributed by atoms with van der Waals surface area (Å²) in [6.45, 7) is 2.98. The summed E-state index contributed by atoms with van der Waals surface area (Å²) in [6, 6.07) is 0. The molecule has 3 rings (SSSR count). The number of nitrogens with zero attached hydrogens (tertiary/aromatic N) is 3. The van der Waals surface area contributed by atoms with Crippen LogP contribution in [0.2, 0.25) is 0 Å². The van der Waals surface area contributed by atoms with Crippen LogP contribution < -0.4 is 10.2 Å². The zero-order valence-electron chi connectivity index (χ0n) is 11.8. The van der Waals surface area contributed by atoms with Crippen molar-refractivity contribution in [1.29, 1.82) is 0 Å². The maximum atomic E-state index is 13.3. The molecule has 0 spiro atoms. The summed E-state index contributed by atoms with van der Waals surface area (Å²) in [5.74, 6) is 0.242. The first kappa shape index (κ1) is 14.6. The van der Waals surface area contributed by atoms with Crippen molar-refractivity contribution in [2.75, 3.05) is 31.1 Å². The lowest BCUT2D eigenvalue weighted by Crippen LogP contribution is -2.31. The second-order valence-electron chi connectivity index (χ2n) is 5.59. The fourth-order valence-electron chi connectivity index (χ4n) is 3.00. The van der Waals surface area contributed by atoms with E-state index in [-0.39, 0.29) is 5.95 Å². The van der Waals surface area contributed by atoms with Gasteiger partial charge in [0, 0.05) is 30.9 Å². The number of hydrogen-bond acceptors (Lipinski definition) is 4. The van der Waals surface area contributed by atoms with Crippen molar-refractivity contribution < 1.29 is 13.2 Å². The van der Waals surface area contributed by atoms with Gasteiger partial charge < -0.3 is 10.2 Å². The third-order valence-electron chi connectivity index (χ3n) is 4.06. The Morgan fingerprint density at radius 1 is 0.952 bits per heavy atom. The Morgan fingerprint density at radius 3 is 2.57 bits per heavy atom. The third kappa shape index (κ3) is 3.12. The first-order valence-corrected chi connectivity index (χ1v) is 7.48. The number of fused-ring (bicyclic) bond motifs is 1. The lowest BCUT2D eigenvalue weighted by atomic mass is 9.94. The van der Waals surface area contributed by atoms with Gasteiger partial charge in [0.1, 0.15) is 0 Å². The molecule has 1 aromatic heterocycles. The van der Waals surface area contributed by atoms with Crippen LogP contribution in [0.1, 0.15) is 36.2 Å². The predicted molar refractivity (Wildman–Crippen MR) is 73.4 cm³/mol. The van der Waals surface area contributed by atoms with E-state index in [9.17, 15) is 13.2 Å². The van der Waals surface area contributed by atoms with Crippen molar-refractivity contribution in [3.8, 4) is 0 Å². The molecule has 21 heavy (non-hydrogen) atoms. The summed E-state index contributed by atoms with van der Waals surface area (Å²) >= 11 is 0. The van der Waals surface area contributed by atoms with E-state index in [2.05, 4.69) is 15.3 Å². The second-order valence-corrected chi connectivity index (χ2v) is 5.59. The molecule has 0 bridgehead atoms. The van der Waals surface area contributed by atoms with E-state index in [0.29, 0.717) is 37.2 Å². The monoisotopic (exact) mass is 300 g/mol. The normalized spacial score (nSPS) is 20.0. The minimum atomic E-state index is -4.40. The number of rotatable bonds is 1. The molecule has 116 valence electrons. The molecular formula is C14H19F3N4. The Morgan fingerprint density at radius 2 is 1.76 bits per heavy atom. The van der Waals surface area contributed by atoms with Gasteiger partial charge in [-0.05, 0) is 38.6 Å². The van der Waals surface area contributed by atoms with E-state index in [1.165, 1.54) is 0 Å². The minimum absolute atomic E-state index is 0.242. The summed E-state index contributed by atoms with van der Waals surface area (Å²) in [5.41, 5.74) is 0.181. The van der Waals surface area contributed by atoms with E-state index in [0.717, 1.165) is 32.4 Å². The Bertz CT molecular complexity index is 508. The van der Waals surface area contributed by atoms with Gasteiger partial charge in [-0.3, -0.25) is 0 Å². The molecule has 1 aliphatic carbocycles. The number of halogens is 3. The molecule has 0 aromatic carbocycles. The molecule has 4 nitrogen and oxygen atoms in total. The van der Waals surface area contributed by atoms with Crippen LogP contribution in [0.25, 0.3) is 0 Å². The number of aryl methyl sites for hydroxylation is 1. The van der Waals surface area contributed by atoms with Crippen molar-refractivity contribution in [3.63, 3.8) is 0 Å². The second kappa shape index (κ2) is 5.79. The van der Waals surface area contributed by atoms with Crippen molar-refractivity contribution in [1.82, 2.24) is 15.3 Å². The van der Waals surface area contributed by atoms with Gasteiger partial charge in [-0.2, -0.15) is 13.2 Å². The Balaban J connectivity index is 2.01. The molecule has 0 amide bonds. The Hall–Kier alpha value is -1.37. The third-order valence-corrected chi connectivity index (χ3v) is 4.06. The van der Waals surface area contributed by atoms with Crippen LogP contribution in [0.15, 0.2) is 0 Å². The van der Waals surface area contributed by atoms with Crippen LogP contribution in [0, 0.1) is 0 Å². The molecular weight excluding hydrogens is 281 g/mol. The number of nitrogens with one attached hydrogen (secondary N) is 1. The topological polar surface area (TPSA) is 41.1 Å². The first-order chi connectivity index (χ1) is 10.1. The van der Waals surface area contributed by atoms with Crippen molar-refractivity contribution >= 4 is 5.95 Å². The summed E-state index contributed by atoms with van der Waals surface area (Å²) < 4.78 is 39.8. The van der Waals surface area contributed by atoms with E-state index in [4.69, 9.17) is 0 Å². The van der Waals surface area contributed by atoms with Crippen LogP contribution in [-0.2, 0) is 19.0 Å². The van der Waals surface area contributed by atoms with Gasteiger partial charge in [0.2, 0.25) is 5.95 Å². The molecule has 0 radical (unpaired) electrons.